The molecular weight excluding hydrogens is 354 g/mol. The molecule has 0 unspecified atom stereocenters. The van der Waals surface area contributed by atoms with E-state index in [9.17, 15) is 9.59 Å². The minimum atomic E-state index is -0.431. The minimum Gasteiger partial charge on any atom is -0.462 e. The summed E-state index contributed by atoms with van der Waals surface area (Å²) in [5.74, 6) is -0.731. The van der Waals surface area contributed by atoms with Crippen LogP contribution in [-0.2, 0) is 17.7 Å². The lowest BCUT2D eigenvalue weighted by Gasteiger charge is -2.22. The van der Waals surface area contributed by atoms with Crippen molar-refractivity contribution in [3.05, 3.63) is 34.0 Å². The molecule has 2 aromatic rings. The second kappa shape index (κ2) is 7.78. The Morgan fingerprint density at radius 2 is 2.29 bits per heavy atom. The summed E-state index contributed by atoms with van der Waals surface area (Å²) >= 11 is 1.41. The molecule has 0 fully saturated rings. The van der Waals surface area contributed by atoms with E-state index >= 15 is 0 Å². The van der Waals surface area contributed by atoms with Crippen LogP contribution in [0.15, 0.2) is 16.8 Å². The van der Waals surface area contributed by atoms with Gasteiger partial charge in [0.1, 0.15) is 5.00 Å². The quantitative estimate of drug-likeness (QED) is 0.831. The zero-order chi connectivity index (χ0) is 16.4. The third-order valence-electron chi connectivity index (χ3n) is 3.62. The van der Waals surface area contributed by atoms with Gasteiger partial charge in [-0.15, -0.1) is 23.7 Å². The molecule has 0 saturated carbocycles. The van der Waals surface area contributed by atoms with Crippen LogP contribution in [-0.4, -0.2) is 42.1 Å². The van der Waals surface area contributed by atoms with Crippen molar-refractivity contribution in [1.29, 1.82) is 0 Å². The second-order valence-electron chi connectivity index (χ2n) is 5.25. The van der Waals surface area contributed by atoms with Crippen LogP contribution in [0.5, 0.6) is 0 Å². The standard InChI is InChI=1S/C15H17N3O4S.ClH/c1-3-21-15(20)12-9-5-7-18(2)8-11(9)23-14(12)17-13(19)10-4-6-16-22-10;/h4,6H,3,5,7-8H2,1-2H3,(H,17,19);1H. The van der Waals surface area contributed by atoms with Gasteiger partial charge in [-0.3, -0.25) is 4.79 Å². The van der Waals surface area contributed by atoms with Crippen LogP contribution < -0.4 is 5.32 Å². The van der Waals surface area contributed by atoms with Crippen molar-refractivity contribution in [3.63, 3.8) is 0 Å². The number of rotatable bonds is 4. The fourth-order valence-electron chi connectivity index (χ4n) is 2.54. The first-order valence-corrected chi connectivity index (χ1v) is 8.14. The predicted molar refractivity (Wildman–Crippen MR) is 92.0 cm³/mol. The number of anilines is 1. The van der Waals surface area contributed by atoms with Crippen molar-refractivity contribution in [2.75, 3.05) is 25.5 Å². The number of thiophene rings is 1. The van der Waals surface area contributed by atoms with Gasteiger partial charge >= 0.3 is 5.97 Å². The predicted octanol–water partition coefficient (Wildman–Crippen LogP) is 2.57. The molecule has 0 aromatic carbocycles. The Bertz CT molecular complexity index is 729. The van der Waals surface area contributed by atoms with Crippen LogP contribution in [0.3, 0.4) is 0 Å². The van der Waals surface area contributed by atoms with Gasteiger partial charge in [0.25, 0.3) is 5.91 Å². The summed E-state index contributed by atoms with van der Waals surface area (Å²) in [5, 5.41) is 6.77. The fourth-order valence-corrected chi connectivity index (χ4v) is 3.85. The molecule has 3 rings (SSSR count). The van der Waals surface area contributed by atoms with Gasteiger partial charge in [0, 0.05) is 24.0 Å². The lowest BCUT2D eigenvalue weighted by molar-refractivity contribution is 0.0526. The van der Waals surface area contributed by atoms with Crippen molar-refractivity contribution < 1.29 is 18.8 Å². The van der Waals surface area contributed by atoms with E-state index in [0.717, 1.165) is 30.0 Å². The molecule has 24 heavy (non-hydrogen) atoms. The Kier molecular flexibility index (Phi) is 5.98. The smallest absolute Gasteiger partial charge is 0.341 e. The average Bonchev–Trinajstić information content (AvgIpc) is 3.14. The zero-order valence-corrected chi connectivity index (χ0v) is 15.0. The molecular formula is C15H18ClN3O4S. The van der Waals surface area contributed by atoms with Gasteiger partial charge in [-0.25, -0.2) is 4.79 Å². The Hall–Kier alpha value is -1.90. The third-order valence-corrected chi connectivity index (χ3v) is 4.75. The zero-order valence-electron chi connectivity index (χ0n) is 13.3. The van der Waals surface area contributed by atoms with Gasteiger partial charge in [-0.1, -0.05) is 5.16 Å². The number of nitrogens with one attached hydrogen (secondary N) is 1. The van der Waals surface area contributed by atoms with Crippen molar-refractivity contribution in [1.82, 2.24) is 10.1 Å². The Morgan fingerprint density at radius 1 is 1.50 bits per heavy atom. The molecule has 7 nitrogen and oxygen atoms in total. The van der Waals surface area contributed by atoms with Crippen LogP contribution in [0.1, 0.15) is 38.3 Å². The summed E-state index contributed by atoms with van der Waals surface area (Å²) in [7, 11) is 2.03. The molecule has 0 atom stereocenters. The summed E-state index contributed by atoms with van der Waals surface area (Å²) in [6.45, 7) is 3.67. The molecule has 3 heterocycles. The molecule has 9 heteroatoms. The van der Waals surface area contributed by atoms with Crippen molar-refractivity contribution in [2.24, 2.45) is 0 Å². The molecule has 0 aliphatic carbocycles. The van der Waals surface area contributed by atoms with Gasteiger partial charge in [-0.05, 0) is 26.0 Å². The first kappa shape index (κ1) is 18.4. The monoisotopic (exact) mass is 371 g/mol. The number of hydrogen-bond acceptors (Lipinski definition) is 7. The van der Waals surface area contributed by atoms with Gasteiger partial charge < -0.3 is 19.5 Å². The maximum absolute atomic E-state index is 12.3. The number of halogens is 1. The number of carbonyl (C=O) groups excluding carboxylic acids is 2. The highest BCUT2D eigenvalue weighted by Crippen LogP contribution is 2.37. The highest BCUT2D eigenvalue weighted by molar-refractivity contribution is 7.17. The number of amides is 1. The van der Waals surface area contributed by atoms with E-state index < -0.39 is 11.9 Å². The van der Waals surface area contributed by atoms with Gasteiger partial charge in [0.05, 0.1) is 18.4 Å². The molecule has 0 spiro atoms. The molecule has 1 N–H and O–H groups in total. The molecule has 0 radical (unpaired) electrons. The molecule has 1 aliphatic rings. The van der Waals surface area contributed by atoms with Crippen LogP contribution in [0.4, 0.5) is 5.00 Å². The van der Waals surface area contributed by atoms with Crippen molar-refractivity contribution in [3.8, 4) is 0 Å². The Labute approximate surface area is 149 Å². The SMILES string of the molecule is CCOC(=O)c1c(NC(=O)c2ccno2)sc2c1CCN(C)C2.Cl. The first-order valence-electron chi connectivity index (χ1n) is 7.32. The number of carbonyl (C=O) groups is 2. The lowest BCUT2D eigenvalue weighted by Crippen LogP contribution is -2.26. The van der Waals surface area contributed by atoms with Gasteiger partial charge in [0.15, 0.2) is 0 Å². The van der Waals surface area contributed by atoms with Crippen molar-refractivity contribution >= 4 is 40.6 Å². The fraction of sp³-hybridized carbons (Fsp3) is 0.400. The number of nitrogens with zero attached hydrogens (tertiary/aromatic N) is 2. The third kappa shape index (κ3) is 3.61. The van der Waals surface area contributed by atoms with Crippen LogP contribution >= 0.6 is 23.7 Å². The maximum Gasteiger partial charge on any atom is 0.341 e. The highest BCUT2D eigenvalue weighted by Gasteiger charge is 2.29. The minimum absolute atomic E-state index is 0. The first-order chi connectivity index (χ1) is 11.1. The molecule has 0 saturated heterocycles. The summed E-state index contributed by atoms with van der Waals surface area (Å²) in [6.07, 6.45) is 2.16. The molecule has 0 bridgehead atoms. The van der Waals surface area contributed by atoms with Crippen LogP contribution in [0.2, 0.25) is 0 Å². The largest absolute Gasteiger partial charge is 0.462 e. The number of hydrogen-bond donors (Lipinski definition) is 1. The van der Waals surface area contributed by atoms with Gasteiger partial charge in [-0.2, -0.15) is 0 Å². The van der Waals surface area contributed by atoms with E-state index in [0.29, 0.717) is 17.2 Å². The van der Waals surface area contributed by atoms with E-state index in [-0.39, 0.29) is 18.2 Å². The van der Waals surface area contributed by atoms with E-state index in [1.54, 1.807) is 6.92 Å². The lowest BCUT2D eigenvalue weighted by atomic mass is 10.0. The number of ether oxygens (including phenoxy) is 1. The van der Waals surface area contributed by atoms with E-state index in [4.69, 9.17) is 9.26 Å². The van der Waals surface area contributed by atoms with Gasteiger partial charge in [0.2, 0.25) is 5.76 Å². The van der Waals surface area contributed by atoms with Crippen LogP contribution in [0.25, 0.3) is 0 Å². The number of fused-ring (bicyclic) bond motifs is 1. The van der Waals surface area contributed by atoms with E-state index in [1.165, 1.54) is 23.6 Å². The molecule has 1 aliphatic heterocycles. The summed E-state index contributed by atoms with van der Waals surface area (Å²) in [5.41, 5.74) is 1.44. The summed E-state index contributed by atoms with van der Waals surface area (Å²) in [6, 6.07) is 1.47. The number of esters is 1. The number of likely N-dealkylation sites (N-methyl/N-ethyl adjacent to an activating group) is 1. The maximum atomic E-state index is 12.3. The second-order valence-corrected chi connectivity index (χ2v) is 6.35. The molecule has 1 amide bonds. The molecule has 130 valence electrons. The summed E-state index contributed by atoms with van der Waals surface area (Å²) in [4.78, 5) is 27.8. The number of aromatic nitrogens is 1. The van der Waals surface area contributed by atoms with E-state index in [2.05, 4.69) is 15.4 Å². The molecule has 2 aromatic heterocycles. The van der Waals surface area contributed by atoms with E-state index in [1.807, 2.05) is 7.05 Å². The Balaban J connectivity index is 0.00000208. The average molecular weight is 372 g/mol. The van der Waals surface area contributed by atoms with Crippen LogP contribution in [0, 0.1) is 0 Å². The topological polar surface area (TPSA) is 84.7 Å². The normalized spacial score (nSPS) is 13.8. The highest BCUT2D eigenvalue weighted by atomic mass is 35.5. The summed E-state index contributed by atoms with van der Waals surface area (Å²) < 4.78 is 10.0. The Morgan fingerprint density at radius 3 is 2.96 bits per heavy atom. The van der Waals surface area contributed by atoms with Crippen molar-refractivity contribution in [2.45, 2.75) is 19.9 Å².